The monoisotopic (exact) mass is 241 g/mol. The van der Waals surface area contributed by atoms with Crippen molar-refractivity contribution < 1.29 is 9.84 Å². The second kappa shape index (κ2) is 4.15. The standard InChI is InChI=1S/C12H16ClNO2/c1-16-11-6-8(9(13)7-10(11)15)2-3-12(14)4-5-12/h6-7,15H,2-5,14H2,1H3. The molecular weight excluding hydrogens is 226 g/mol. The molecule has 0 unspecified atom stereocenters. The number of benzene rings is 1. The van der Waals surface area contributed by atoms with Crippen molar-refractivity contribution in [2.24, 2.45) is 5.73 Å². The van der Waals surface area contributed by atoms with E-state index in [9.17, 15) is 5.11 Å². The number of aromatic hydroxyl groups is 1. The summed E-state index contributed by atoms with van der Waals surface area (Å²) >= 11 is 6.05. The van der Waals surface area contributed by atoms with Crippen LogP contribution in [0.1, 0.15) is 24.8 Å². The van der Waals surface area contributed by atoms with Crippen LogP contribution in [0.25, 0.3) is 0 Å². The molecular formula is C12H16ClNO2. The van der Waals surface area contributed by atoms with E-state index in [1.807, 2.05) is 0 Å². The van der Waals surface area contributed by atoms with E-state index < -0.39 is 0 Å². The van der Waals surface area contributed by atoms with Crippen molar-refractivity contribution in [2.45, 2.75) is 31.2 Å². The molecule has 3 nitrogen and oxygen atoms in total. The predicted octanol–water partition coefficient (Wildman–Crippen LogP) is 2.48. The van der Waals surface area contributed by atoms with E-state index in [1.165, 1.54) is 13.2 Å². The van der Waals surface area contributed by atoms with Crippen molar-refractivity contribution in [3.8, 4) is 11.5 Å². The lowest BCUT2D eigenvalue weighted by molar-refractivity contribution is 0.373. The minimum absolute atomic E-state index is 0.0223. The molecule has 4 heteroatoms. The van der Waals surface area contributed by atoms with Crippen LogP contribution in [0.3, 0.4) is 0 Å². The molecule has 16 heavy (non-hydrogen) atoms. The Morgan fingerprint density at radius 1 is 1.50 bits per heavy atom. The predicted molar refractivity (Wildman–Crippen MR) is 64.1 cm³/mol. The van der Waals surface area contributed by atoms with E-state index in [4.69, 9.17) is 22.1 Å². The first-order valence-electron chi connectivity index (χ1n) is 5.38. The molecule has 0 amide bonds. The van der Waals surface area contributed by atoms with Gasteiger partial charge < -0.3 is 15.6 Å². The zero-order chi connectivity index (χ0) is 11.8. The van der Waals surface area contributed by atoms with Crippen LogP contribution in [0.5, 0.6) is 11.5 Å². The summed E-state index contributed by atoms with van der Waals surface area (Å²) in [5.74, 6) is 0.534. The Labute approximate surface area is 100 Å². The number of nitrogens with two attached hydrogens (primary N) is 1. The van der Waals surface area contributed by atoms with Gasteiger partial charge in [0.05, 0.1) is 7.11 Å². The molecule has 1 aromatic carbocycles. The lowest BCUT2D eigenvalue weighted by Gasteiger charge is -2.11. The molecule has 1 saturated carbocycles. The second-order valence-electron chi connectivity index (χ2n) is 4.48. The lowest BCUT2D eigenvalue weighted by atomic mass is 10.0. The normalized spacial score (nSPS) is 17.2. The number of phenolic OH excluding ortho intramolecular Hbond substituents is 1. The van der Waals surface area contributed by atoms with Gasteiger partial charge >= 0.3 is 0 Å². The van der Waals surface area contributed by atoms with E-state index in [0.29, 0.717) is 10.8 Å². The van der Waals surface area contributed by atoms with Crippen molar-refractivity contribution in [1.29, 1.82) is 0 Å². The molecule has 0 heterocycles. The first-order chi connectivity index (χ1) is 7.54. The first-order valence-corrected chi connectivity index (χ1v) is 5.76. The van der Waals surface area contributed by atoms with Crippen molar-refractivity contribution in [3.05, 3.63) is 22.7 Å². The van der Waals surface area contributed by atoms with Gasteiger partial charge in [0.2, 0.25) is 0 Å². The molecule has 1 aliphatic carbocycles. The van der Waals surface area contributed by atoms with Crippen LogP contribution in [0.2, 0.25) is 5.02 Å². The van der Waals surface area contributed by atoms with Crippen molar-refractivity contribution in [2.75, 3.05) is 7.11 Å². The molecule has 0 aromatic heterocycles. The summed E-state index contributed by atoms with van der Waals surface area (Å²) < 4.78 is 5.05. The Morgan fingerprint density at radius 2 is 2.19 bits per heavy atom. The molecule has 0 aliphatic heterocycles. The fourth-order valence-electron chi connectivity index (χ4n) is 1.73. The molecule has 0 saturated heterocycles. The van der Waals surface area contributed by atoms with Crippen molar-refractivity contribution in [3.63, 3.8) is 0 Å². The molecule has 1 aliphatic rings. The van der Waals surface area contributed by atoms with Gasteiger partial charge in [0.1, 0.15) is 0 Å². The average Bonchev–Trinajstić information content (AvgIpc) is 2.96. The maximum absolute atomic E-state index is 9.52. The third-order valence-corrected chi connectivity index (χ3v) is 3.48. The number of halogens is 1. The summed E-state index contributed by atoms with van der Waals surface area (Å²) in [5, 5.41) is 10.1. The van der Waals surface area contributed by atoms with Gasteiger partial charge in [-0.25, -0.2) is 0 Å². The number of rotatable bonds is 4. The SMILES string of the molecule is COc1cc(CCC2(N)CC2)c(Cl)cc1O. The highest BCUT2D eigenvalue weighted by Crippen LogP contribution is 2.38. The Morgan fingerprint density at radius 3 is 2.75 bits per heavy atom. The van der Waals surface area contributed by atoms with Gasteiger partial charge in [0.25, 0.3) is 0 Å². The van der Waals surface area contributed by atoms with Crippen molar-refractivity contribution >= 4 is 11.6 Å². The average molecular weight is 242 g/mol. The number of ether oxygens (including phenoxy) is 1. The van der Waals surface area contributed by atoms with Crippen LogP contribution in [0.4, 0.5) is 0 Å². The minimum Gasteiger partial charge on any atom is -0.504 e. The van der Waals surface area contributed by atoms with Crippen LogP contribution < -0.4 is 10.5 Å². The van der Waals surface area contributed by atoms with E-state index in [1.54, 1.807) is 6.07 Å². The number of methoxy groups -OCH3 is 1. The van der Waals surface area contributed by atoms with Gasteiger partial charge in [-0.15, -0.1) is 0 Å². The molecule has 0 radical (unpaired) electrons. The summed E-state index contributed by atoms with van der Waals surface area (Å²) in [5.41, 5.74) is 7.02. The molecule has 3 N–H and O–H groups in total. The third kappa shape index (κ3) is 2.42. The first kappa shape index (κ1) is 11.6. The van der Waals surface area contributed by atoms with Gasteiger partial charge in [0.15, 0.2) is 11.5 Å². The quantitative estimate of drug-likeness (QED) is 0.852. The summed E-state index contributed by atoms with van der Waals surface area (Å²) in [4.78, 5) is 0. The number of hydrogen-bond acceptors (Lipinski definition) is 3. The maximum atomic E-state index is 9.52. The van der Waals surface area contributed by atoms with Crippen LogP contribution in [0.15, 0.2) is 12.1 Å². The highest BCUT2D eigenvalue weighted by molar-refractivity contribution is 6.31. The molecule has 88 valence electrons. The van der Waals surface area contributed by atoms with Crippen LogP contribution in [-0.4, -0.2) is 17.8 Å². The zero-order valence-electron chi connectivity index (χ0n) is 9.29. The summed E-state index contributed by atoms with van der Waals surface area (Å²) in [6.07, 6.45) is 3.95. The van der Waals surface area contributed by atoms with Crippen LogP contribution in [0, 0.1) is 0 Å². The number of hydrogen-bond donors (Lipinski definition) is 2. The summed E-state index contributed by atoms with van der Waals surface area (Å²) in [7, 11) is 1.53. The fourth-order valence-corrected chi connectivity index (χ4v) is 1.99. The highest BCUT2D eigenvalue weighted by atomic mass is 35.5. The largest absolute Gasteiger partial charge is 0.504 e. The molecule has 1 fully saturated rings. The second-order valence-corrected chi connectivity index (χ2v) is 4.89. The Bertz CT molecular complexity index is 402. The van der Waals surface area contributed by atoms with Gasteiger partial charge in [-0.2, -0.15) is 0 Å². The minimum atomic E-state index is 0.0223. The molecule has 0 spiro atoms. The lowest BCUT2D eigenvalue weighted by Crippen LogP contribution is -2.22. The Hall–Kier alpha value is -0.930. The maximum Gasteiger partial charge on any atom is 0.160 e. The highest BCUT2D eigenvalue weighted by Gasteiger charge is 2.37. The van der Waals surface area contributed by atoms with Gasteiger partial charge in [-0.3, -0.25) is 0 Å². The van der Waals surface area contributed by atoms with E-state index in [2.05, 4.69) is 0 Å². The Balaban J connectivity index is 2.13. The molecule has 0 atom stereocenters. The van der Waals surface area contributed by atoms with E-state index >= 15 is 0 Å². The third-order valence-electron chi connectivity index (χ3n) is 3.13. The van der Waals surface area contributed by atoms with Crippen molar-refractivity contribution in [1.82, 2.24) is 0 Å². The van der Waals surface area contributed by atoms with Crippen LogP contribution in [-0.2, 0) is 6.42 Å². The zero-order valence-corrected chi connectivity index (χ0v) is 10.0. The number of phenols is 1. The van der Waals surface area contributed by atoms with Gasteiger partial charge in [0, 0.05) is 16.6 Å². The Kier molecular flexibility index (Phi) is 3.00. The fraction of sp³-hybridized carbons (Fsp3) is 0.500. The van der Waals surface area contributed by atoms with E-state index in [-0.39, 0.29) is 11.3 Å². The van der Waals surface area contributed by atoms with E-state index in [0.717, 1.165) is 31.2 Å². The van der Waals surface area contributed by atoms with Gasteiger partial charge in [-0.05, 0) is 37.3 Å². The topological polar surface area (TPSA) is 55.5 Å². The summed E-state index contributed by atoms with van der Waals surface area (Å²) in [6, 6.07) is 3.30. The number of aryl methyl sites for hydroxylation is 1. The van der Waals surface area contributed by atoms with Gasteiger partial charge in [-0.1, -0.05) is 11.6 Å². The molecule has 1 aromatic rings. The molecule has 0 bridgehead atoms. The smallest absolute Gasteiger partial charge is 0.160 e. The van der Waals surface area contributed by atoms with Crippen LogP contribution >= 0.6 is 11.6 Å². The molecule has 2 rings (SSSR count). The summed E-state index contributed by atoms with van der Waals surface area (Å²) in [6.45, 7) is 0.